The van der Waals surface area contributed by atoms with E-state index in [0.29, 0.717) is 12.8 Å². The van der Waals surface area contributed by atoms with Crippen molar-refractivity contribution in [2.24, 2.45) is 0 Å². The van der Waals surface area contributed by atoms with Gasteiger partial charge in [0.25, 0.3) is 5.91 Å². The molecule has 1 fully saturated rings. The van der Waals surface area contributed by atoms with Crippen LogP contribution in [-0.2, 0) is 21.1 Å². The highest BCUT2D eigenvalue weighted by Gasteiger charge is 2.41. The van der Waals surface area contributed by atoms with Gasteiger partial charge in [0, 0.05) is 0 Å². The summed E-state index contributed by atoms with van der Waals surface area (Å²) < 4.78 is 29.0. The highest BCUT2D eigenvalue weighted by molar-refractivity contribution is 7.91. The summed E-state index contributed by atoms with van der Waals surface area (Å²) >= 11 is 0. The Bertz CT molecular complexity index is 713. The molecule has 2 atom stereocenters. The Labute approximate surface area is 131 Å². The number of fused-ring (bicyclic) bond motifs is 1. The summed E-state index contributed by atoms with van der Waals surface area (Å²) in [6.45, 7) is 3.82. The summed E-state index contributed by atoms with van der Waals surface area (Å²) in [4.78, 5) is 12.4. The van der Waals surface area contributed by atoms with Gasteiger partial charge in [0.15, 0.2) is 15.9 Å². The SMILES string of the molecule is Cc1ccc2c(c1)CCC(C(=O)NC1(C)CCS(=O)(=O)C1)O2. The maximum atomic E-state index is 12.4. The quantitative estimate of drug-likeness (QED) is 0.892. The molecule has 0 radical (unpaired) electrons. The summed E-state index contributed by atoms with van der Waals surface area (Å²) in [5.41, 5.74) is 1.62. The van der Waals surface area contributed by atoms with Gasteiger partial charge in [-0.15, -0.1) is 0 Å². The van der Waals surface area contributed by atoms with Gasteiger partial charge in [0.2, 0.25) is 0 Å². The number of benzene rings is 1. The average molecular weight is 323 g/mol. The number of nitrogens with one attached hydrogen (secondary N) is 1. The molecule has 0 spiro atoms. The molecular weight excluding hydrogens is 302 g/mol. The Morgan fingerprint density at radius 2 is 2.18 bits per heavy atom. The summed E-state index contributed by atoms with van der Waals surface area (Å²) in [5.74, 6) is 0.679. The number of hydrogen-bond donors (Lipinski definition) is 1. The lowest BCUT2D eigenvalue weighted by Crippen LogP contribution is -2.52. The fraction of sp³-hybridized carbons (Fsp3) is 0.562. The molecule has 3 rings (SSSR count). The summed E-state index contributed by atoms with van der Waals surface area (Å²) in [6.07, 6.45) is 1.33. The molecular formula is C16H21NO4S. The van der Waals surface area contributed by atoms with Gasteiger partial charge in [-0.3, -0.25) is 4.79 Å². The minimum atomic E-state index is -3.04. The molecule has 1 saturated heterocycles. The van der Waals surface area contributed by atoms with Crippen LogP contribution in [0.5, 0.6) is 5.75 Å². The Balaban J connectivity index is 1.68. The zero-order valence-electron chi connectivity index (χ0n) is 12.9. The van der Waals surface area contributed by atoms with Crippen LogP contribution in [0.25, 0.3) is 0 Å². The van der Waals surface area contributed by atoms with E-state index in [4.69, 9.17) is 4.74 Å². The van der Waals surface area contributed by atoms with Gasteiger partial charge >= 0.3 is 0 Å². The van der Waals surface area contributed by atoms with Gasteiger partial charge in [-0.05, 0) is 44.7 Å². The highest BCUT2D eigenvalue weighted by atomic mass is 32.2. The third-order valence-electron chi connectivity index (χ3n) is 4.38. The van der Waals surface area contributed by atoms with Gasteiger partial charge in [-0.1, -0.05) is 17.7 Å². The Hall–Kier alpha value is -1.56. The van der Waals surface area contributed by atoms with E-state index in [9.17, 15) is 13.2 Å². The van der Waals surface area contributed by atoms with Crippen LogP contribution < -0.4 is 10.1 Å². The molecule has 2 heterocycles. The maximum Gasteiger partial charge on any atom is 0.261 e. The van der Waals surface area contributed by atoms with Crippen molar-refractivity contribution in [3.63, 3.8) is 0 Å². The molecule has 2 aliphatic heterocycles. The van der Waals surface area contributed by atoms with E-state index in [0.717, 1.165) is 17.7 Å². The van der Waals surface area contributed by atoms with Crippen LogP contribution in [0.2, 0.25) is 0 Å². The first kappa shape index (κ1) is 15.3. The topological polar surface area (TPSA) is 72.5 Å². The first-order valence-corrected chi connectivity index (χ1v) is 9.37. The van der Waals surface area contributed by atoms with Crippen molar-refractivity contribution in [2.45, 2.75) is 44.8 Å². The number of amides is 1. The lowest BCUT2D eigenvalue weighted by molar-refractivity contribution is -0.130. The number of carbonyl (C=O) groups is 1. The van der Waals surface area contributed by atoms with Crippen LogP contribution in [0.15, 0.2) is 18.2 Å². The number of sulfone groups is 1. The van der Waals surface area contributed by atoms with Crippen LogP contribution in [0.3, 0.4) is 0 Å². The lowest BCUT2D eigenvalue weighted by Gasteiger charge is -2.30. The highest BCUT2D eigenvalue weighted by Crippen LogP contribution is 2.29. The van der Waals surface area contributed by atoms with Gasteiger partial charge in [-0.25, -0.2) is 8.42 Å². The van der Waals surface area contributed by atoms with E-state index in [1.54, 1.807) is 6.92 Å². The molecule has 6 heteroatoms. The second kappa shape index (κ2) is 5.26. The predicted octanol–water partition coefficient (Wildman–Crippen LogP) is 1.38. The molecule has 0 aliphatic carbocycles. The van der Waals surface area contributed by atoms with Gasteiger partial charge in [0.1, 0.15) is 5.75 Å². The van der Waals surface area contributed by atoms with Crippen molar-refractivity contribution in [3.8, 4) is 5.75 Å². The van der Waals surface area contributed by atoms with Crippen LogP contribution >= 0.6 is 0 Å². The van der Waals surface area contributed by atoms with E-state index in [-0.39, 0.29) is 17.4 Å². The number of carbonyl (C=O) groups excluding carboxylic acids is 1. The third kappa shape index (κ3) is 3.11. The number of ether oxygens (including phenoxy) is 1. The summed E-state index contributed by atoms with van der Waals surface area (Å²) in [6, 6.07) is 5.93. The zero-order valence-corrected chi connectivity index (χ0v) is 13.7. The number of aryl methyl sites for hydroxylation is 2. The van der Waals surface area contributed by atoms with Crippen molar-refractivity contribution in [1.82, 2.24) is 5.32 Å². The second-order valence-electron chi connectivity index (χ2n) is 6.65. The number of hydrogen-bond acceptors (Lipinski definition) is 4. The molecule has 0 saturated carbocycles. The minimum absolute atomic E-state index is 0.00818. The molecule has 1 aromatic rings. The van der Waals surface area contributed by atoms with Gasteiger partial charge in [0.05, 0.1) is 17.0 Å². The second-order valence-corrected chi connectivity index (χ2v) is 8.83. The van der Waals surface area contributed by atoms with Crippen LogP contribution in [0.4, 0.5) is 0 Å². The van der Waals surface area contributed by atoms with Crippen molar-refractivity contribution >= 4 is 15.7 Å². The molecule has 2 unspecified atom stereocenters. The molecule has 120 valence electrons. The fourth-order valence-electron chi connectivity index (χ4n) is 3.19. The maximum absolute atomic E-state index is 12.4. The molecule has 1 amide bonds. The Kier molecular flexibility index (Phi) is 3.67. The smallest absolute Gasteiger partial charge is 0.261 e. The number of rotatable bonds is 2. The first-order chi connectivity index (χ1) is 10.3. The molecule has 2 aliphatic rings. The van der Waals surface area contributed by atoms with E-state index < -0.39 is 21.5 Å². The zero-order chi connectivity index (χ0) is 16.0. The third-order valence-corrected chi connectivity index (χ3v) is 6.28. The molecule has 0 aromatic heterocycles. The first-order valence-electron chi connectivity index (χ1n) is 7.55. The van der Waals surface area contributed by atoms with Crippen LogP contribution in [0, 0.1) is 6.92 Å². The van der Waals surface area contributed by atoms with Crippen LogP contribution in [-0.4, -0.2) is 37.5 Å². The van der Waals surface area contributed by atoms with E-state index in [2.05, 4.69) is 11.4 Å². The average Bonchev–Trinajstić information content (AvgIpc) is 2.71. The molecule has 22 heavy (non-hydrogen) atoms. The minimum Gasteiger partial charge on any atom is -0.480 e. The predicted molar refractivity (Wildman–Crippen MR) is 83.7 cm³/mol. The standard InChI is InChI=1S/C16H21NO4S/c1-11-3-5-13-12(9-11)4-6-14(21-13)15(18)17-16(2)7-8-22(19,20)10-16/h3,5,9,14H,4,6-8,10H2,1-2H3,(H,17,18). The summed E-state index contributed by atoms with van der Waals surface area (Å²) in [7, 11) is -3.04. The van der Waals surface area contributed by atoms with Gasteiger partial charge in [-0.2, -0.15) is 0 Å². The Morgan fingerprint density at radius 3 is 2.86 bits per heavy atom. The van der Waals surface area contributed by atoms with E-state index in [1.807, 2.05) is 19.1 Å². The van der Waals surface area contributed by atoms with E-state index >= 15 is 0 Å². The summed E-state index contributed by atoms with van der Waals surface area (Å²) in [5, 5.41) is 2.88. The molecule has 1 aromatic carbocycles. The van der Waals surface area contributed by atoms with Crippen LogP contribution in [0.1, 0.15) is 30.9 Å². The lowest BCUT2D eigenvalue weighted by atomic mass is 9.98. The molecule has 5 nitrogen and oxygen atoms in total. The Morgan fingerprint density at radius 1 is 1.41 bits per heavy atom. The monoisotopic (exact) mass is 323 g/mol. The molecule has 1 N–H and O–H groups in total. The van der Waals surface area contributed by atoms with E-state index in [1.165, 1.54) is 5.56 Å². The molecule has 0 bridgehead atoms. The normalized spacial score (nSPS) is 29.5. The van der Waals surface area contributed by atoms with Crippen molar-refractivity contribution < 1.29 is 17.9 Å². The van der Waals surface area contributed by atoms with Crippen molar-refractivity contribution in [1.29, 1.82) is 0 Å². The largest absolute Gasteiger partial charge is 0.480 e. The fourth-order valence-corrected chi connectivity index (χ4v) is 5.28. The van der Waals surface area contributed by atoms with Gasteiger partial charge < -0.3 is 10.1 Å². The van der Waals surface area contributed by atoms with Crippen molar-refractivity contribution in [3.05, 3.63) is 29.3 Å². The van der Waals surface area contributed by atoms with Crippen molar-refractivity contribution in [2.75, 3.05) is 11.5 Å².